The Hall–Kier alpha value is -6.66. The van der Waals surface area contributed by atoms with Crippen LogP contribution in [0.1, 0.15) is 66.1 Å². The number of benzene rings is 5. The molecule has 0 aliphatic carbocycles. The second-order valence-corrected chi connectivity index (χ2v) is 15.8. The quantitative estimate of drug-likeness (QED) is 0.112. The van der Waals surface area contributed by atoms with Gasteiger partial charge in [0.05, 0.1) is 11.0 Å². The van der Waals surface area contributed by atoms with E-state index < -0.39 is 12.2 Å². The number of likely N-dealkylation sites (tertiary alicyclic amines) is 2. The van der Waals surface area contributed by atoms with Gasteiger partial charge in [-0.25, -0.2) is 14.4 Å². The van der Waals surface area contributed by atoms with Crippen molar-refractivity contribution in [2.75, 3.05) is 31.1 Å². The molecule has 316 valence electrons. The highest BCUT2D eigenvalue weighted by atomic mass is 16.4. The lowest BCUT2D eigenvalue weighted by atomic mass is 9.92. The first-order valence-corrected chi connectivity index (χ1v) is 21.2. The summed E-state index contributed by atoms with van der Waals surface area (Å²) in [6.45, 7) is 3.88. The monoisotopic (exact) mass is 822 g/mol. The molecule has 12 nitrogen and oxygen atoms in total. The number of fused-ring (bicyclic) bond motifs is 1. The number of para-hydroxylation sites is 3. The van der Waals surface area contributed by atoms with E-state index in [1.54, 1.807) is 9.47 Å². The van der Waals surface area contributed by atoms with E-state index in [0.29, 0.717) is 50.9 Å². The molecule has 5 aromatic carbocycles. The summed E-state index contributed by atoms with van der Waals surface area (Å²) in [4.78, 5) is 59.1. The maximum absolute atomic E-state index is 13.8. The zero-order valence-electron chi connectivity index (χ0n) is 34.3. The van der Waals surface area contributed by atoms with E-state index in [-0.39, 0.29) is 29.7 Å². The van der Waals surface area contributed by atoms with Gasteiger partial charge in [-0.2, -0.15) is 0 Å². The number of aromatic amines is 1. The van der Waals surface area contributed by atoms with Crippen molar-refractivity contribution in [2.45, 2.75) is 69.7 Å². The molecule has 1 aromatic heterocycles. The number of piperidine rings is 2. The summed E-state index contributed by atoms with van der Waals surface area (Å²) in [5, 5.41) is 19.0. The molecule has 0 radical (unpaired) electrons. The number of nitrogens with one attached hydrogen (secondary N) is 1. The predicted molar refractivity (Wildman–Crippen MR) is 238 cm³/mol. The molecule has 12 heteroatoms. The molecular formula is C49H54N6O6. The van der Waals surface area contributed by atoms with Crippen LogP contribution in [0.15, 0.2) is 150 Å². The number of amides is 3. The maximum atomic E-state index is 13.8. The van der Waals surface area contributed by atoms with E-state index in [9.17, 15) is 24.3 Å². The molecule has 0 saturated carbocycles. The highest BCUT2D eigenvalue weighted by Gasteiger charge is 2.37. The van der Waals surface area contributed by atoms with E-state index >= 15 is 0 Å². The number of carboxylic acid groups (broad SMARTS) is 2. The molecule has 0 spiro atoms. The van der Waals surface area contributed by atoms with Gasteiger partial charge < -0.3 is 29.9 Å². The average Bonchev–Trinajstić information content (AvgIpc) is 3.63. The van der Waals surface area contributed by atoms with Crippen molar-refractivity contribution in [3.05, 3.63) is 173 Å². The van der Waals surface area contributed by atoms with Gasteiger partial charge in [0.25, 0.3) is 5.91 Å². The van der Waals surface area contributed by atoms with Crippen molar-refractivity contribution in [1.82, 2.24) is 24.3 Å². The minimum atomic E-state index is -0.885. The van der Waals surface area contributed by atoms with Crippen molar-refractivity contribution in [3.63, 3.8) is 0 Å². The van der Waals surface area contributed by atoms with Crippen LogP contribution in [-0.2, 0) is 13.1 Å². The predicted octanol–water partition coefficient (Wildman–Crippen LogP) is 8.97. The Bertz CT molecular complexity index is 2340. The van der Waals surface area contributed by atoms with Crippen LogP contribution in [0.4, 0.5) is 15.3 Å². The molecule has 1 unspecified atom stereocenters. The summed E-state index contributed by atoms with van der Waals surface area (Å²) in [6.07, 6.45) is 2.39. The number of aromatic nitrogens is 2. The maximum Gasteiger partial charge on any atom is 0.407 e. The Balaban J connectivity index is 0.000000245. The molecule has 2 atom stereocenters. The smallest absolute Gasteiger partial charge is 0.407 e. The van der Waals surface area contributed by atoms with Crippen LogP contribution < -0.4 is 10.6 Å². The molecule has 6 aromatic rings. The van der Waals surface area contributed by atoms with Crippen LogP contribution in [0, 0.1) is 0 Å². The third-order valence-corrected chi connectivity index (χ3v) is 11.8. The Morgan fingerprint density at radius 2 is 1.21 bits per heavy atom. The van der Waals surface area contributed by atoms with Crippen LogP contribution in [0.5, 0.6) is 0 Å². The summed E-state index contributed by atoms with van der Waals surface area (Å²) in [5.74, 6) is -0.0498. The first-order valence-electron chi connectivity index (χ1n) is 21.2. The van der Waals surface area contributed by atoms with Crippen LogP contribution in [0.25, 0.3) is 11.0 Å². The fraction of sp³-hybridized carbons (Fsp3) is 0.306. The van der Waals surface area contributed by atoms with Crippen molar-refractivity contribution in [3.8, 4) is 0 Å². The molecule has 3 heterocycles. The summed E-state index contributed by atoms with van der Waals surface area (Å²) in [7, 11) is 0. The van der Waals surface area contributed by atoms with Crippen molar-refractivity contribution < 1.29 is 24.6 Å². The lowest BCUT2D eigenvalue weighted by Gasteiger charge is -2.42. The summed E-state index contributed by atoms with van der Waals surface area (Å²) < 4.78 is 1.76. The SMILES string of the molecule is O=C(O)N1CCC(n2c(=O)[nH]c3ccccc32)CC1.O=C(c1ccccc1)N(c1ccccc1)C1CCN(C(=O)O)[C@@H](CCCN(Cc2ccccc2)Cc2ccccc2)C1. The number of anilines is 1. The van der Waals surface area contributed by atoms with Gasteiger partial charge in [-0.05, 0) is 92.6 Å². The van der Waals surface area contributed by atoms with Gasteiger partial charge in [-0.3, -0.25) is 14.3 Å². The van der Waals surface area contributed by atoms with Gasteiger partial charge in [-0.15, -0.1) is 0 Å². The van der Waals surface area contributed by atoms with E-state index in [2.05, 4.69) is 58.4 Å². The van der Waals surface area contributed by atoms with E-state index in [4.69, 9.17) is 5.11 Å². The molecule has 61 heavy (non-hydrogen) atoms. The van der Waals surface area contributed by atoms with Gasteiger partial charge in [-0.1, -0.05) is 109 Å². The summed E-state index contributed by atoms with van der Waals surface area (Å²) >= 11 is 0. The zero-order chi connectivity index (χ0) is 42.6. The average molecular weight is 823 g/mol. The Morgan fingerprint density at radius 3 is 1.80 bits per heavy atom. The topological polar surface area (TPSA) is 142 Å². The molecule has 2 aliphatic heterocycles. The van der Waals surface area contributed by atoms with E-state index in [0.717, 1.165) is 49.2 Å². The number of carbonyl (C=O) groups is 3. The molecule has 2 fully saturated rings. The van der Waals surface area contributed by atoms with Gasteiger partial charge in [0, 0.05) is 62.1 Å². The fourth-order valence-corrected chi connectivity index (χ4v) is 8.79. The van der Waals surface area contributed by atoms with Crippen LogP contribution >= 0.6 is 0 Å². The lowest BCUT2D eigenvalue weighted by Crippen LogP contribution is -2.53. The lowest BCUT2D eigenvalue weighted by molar-refractivity contribution is 0.0863. The zero-order valence-corrected chi connectivity index (χ0v) is 34.3. The number of rotatable bonds is 12. The number of imidazole rings is 1. The highest BCUT2D eigenvalue weighted by molar-refractivity contribution is 6.06. The third kappa shape index (κ3) is 10.9. The van der Waals surface area contributed by atoms with Gasteiger partial charge in [0.15, 0.2) is 0 Å². The number of hydrogen-bond donors (Lipinski definition) is 3. The van der Waals surface area contributed by atoms with Gasteiger partial charge in [0.1, 0.15) is 0 Å². The van der Waals surface area contributed by atoms with Crippen molar-refractivity contribution in [2.24, 2.45) is 0 Å². The Morgan fingerprint density at radius 1 is 0.656 bits per heavy atom. The molecule has 2 aliphatic rings. The third-order valence-electron chi connectivity index (χ3n) is 11.8. The minimum absolute atomic E-state index is 0.0498. The molecule has 2 saturated heterocycles. The van der Waals surface area contributed by atoms with Gasteiger partial charge in [0.2, 0.25) is 0 Å². The summed E-state index contributed by atoms with van der Waals surface area (Å²) in [6, 6.07) is 47.4. The standard InChI is InChI=1S/C36H39N3O3.C13H15N3O3/c40-35(31-18-9-3-10-19-31)39(32-20-11-4-12-21-32)34-23-25-38(36(41)42)33(26-34)22-13-24-37(27-29-14-5-1-6-15-29)28-30-16-7-2-8-17-30;17-12-14-10-3-1-2-4-11(10)16(12)9-5-7-15(8-6-9)13(18)19/h1-12,14-21,33-34H,13,22-28H2,(H,41,42);1-4,9H,5-8H2,(H,14,17)(H,18,19)/t33-,34?;/m0./s1. The van der Waals surface area contributed by atoms with Crippen LogP contribution in [0.3, 0.4) is 0 Å². The van der Waals surface area contributed by atoms with Crippen molar-refractivity contribution in [1.29, 1.82) is 0 Å². The molecule has 3 N–H and O–H groups in total. The second-order valence-electron chi connectivity index (χ2n) is 15.8. The largest absolute Gasteiger partial charge is 0.465 e. The Labute approximate surface area is 356 Å². The Kier molecular flexibility index (Phi) is 14.3. The molecule has 0 bridgehead atoms. The van der Waals surface area contributed by atoms with Crippen molar-refractivity contribution >= 4 is 34.8 Å². The molecule has 3 amide bonds. The van der Waals surface area contributed by atoms with E-state index in [1.807, 2.05) is 102 Å². The van der Waals surface area contributed by atoms with E-state index in [1.165, 1.54) is 16.0 Å². The van der Waals surface area contributed by atoms with Crippen LogP contribution in [0.2, 0.25) is 0 Å². The number of carbonyl (C=O) groups excluding carboxylic acids is 1. The minimum Gasteiger partial charge on any atom is -0.465 e. The summed E-state index contributed by atoms with van der Waals surface area (Å²) in [5.41, 5.74) is 5.60. The van der Waals surface area contributed by atoms with Crippen LogP contribution in [-0.4, -0.2) is 90.8 Å². The first kappa shape index (κ1) is 42.5. The molecular weight excluding hydrogens is 769 g/mol. The number of H-pyrrole nitrogens is 1. The second kappa shape index (κ2) is 20.5. The number of hydrogen-bond acceptors (Lipinski definition) is 5. The van der Waals surface area contributed by atoms with Gasteiger partial charge >= 0.3 is 17.9 Å². The molecule has 8 rings (SSSR count). The first-order chi connectivity index (χ1) is 29.7. The normalized spacial score (nSPS) is 16.8. The highest BCUT2D eigenvalue weighted by Crippen LogP contribution is 2.31. The fourth-order valence-electron chi connectivity index (χ4n) is 8.79. The number of nitrogens with zero attached hydrogens (tertiary/aromatic N) is 5.